The van der Waals surface area contributed by atoms with Crippen molar-refractivity contribution < 1.29 is 28.7 Å². The number of hydrogen-bond acceptors (Lipinski definition) is 8. The van der Waals surface area contributed by atoms with Crippen LogP contribution in [-0.4, -0.2) is 30.5 Å². The van der Waals surface area contributed by atoms with Crippen molar-refractivity contribution in [2.24, 2.45) is 0 Å². The first-order valence-electron chi connectivity index (χ1n) is 10.9. The first kappa shape index (κ1) is 28.2. The SMILES string of the molecule is CCOc1cc(C=C(C#N)C(=O)Nc2ccc([N+](=O)[O-])cc2Cl)cc(Br)c1OC(=O)c1ccc(OC)cc1. The molecule has 0 radical (unpaired) electrons. The number of amides is 1. The van der Waals surface area contributed by atoms with Crippen LogP contribution < -0.4 is 19.5 Å². The zero-order valence-corrected chi connectivity index (χ0v) is 22.3. The zero-order valence-electron chi connectivity index (χ0n) is 20.0. The Morgan fingerprint density at radius 1 is 1.18 bits per heavy atom. The predicted octanol–water partition coefficient (Wildman–Crippen LogP) is 6.18. The van der Waals surface area contributed by atoms with Gasteiger partial charge in [-0.2, -0.15) is 5.26 Å². The molecule has 0 fully saturated rings. The molecule has 0 aliphatic rings. The highest BCUT2D eigenvalue weighted by Gasteiger charge is 2.19. The molecule has 10 nitrogen and oxygen atoms in total. The summed E-state index contributed by atoms with van der Waals surface area (Å²) in [5, 5.41) is 22.9. The van der Waals surface area contributed by atoms with E-state index in [0.29, 0.717) is 15.8 Å². The van der Waals surface area contributed by atoms with Gasteiger partial charge in [0.25, 0.3) is 11.6 Å². The minimum absolute atomic E-state index is 0.0609. The normalized spacial score (nSPS) is 10.8. The summed E-state index contributed by atoms with van der Waals surface area (Å²) >= 11 is 9.39. The summed E-state index contributed by atoms with van der Waals surface area (Å²) in [6.45, 7) is 1.99. The summed E-state index contributed by atoms with van der Waals surface area (Å²) in [7, 11) is 1.51. The Balaban J connectivity index is 1.87. The van der Waals surface area contributed by atoms with Crippen LogP contribution in [-0.2, 0) is 4.79 Å². The molecule has 0 aliphatic heterocycles. The van der Waals surface area contributed by atoms with Crippen molar-refractivity contribution in [1.82, 2.24) is 0 Å². The molecule has 0 aromatic heterocycles. The highest BCUT2D eigenvalue weighted by atomic mass is 79.9. The number of nitrogens with zero attached hydrogens (tertiary/aromatic N) is 2. The number of halogens is 2. The van der Waals surface area contributed by atoms with Gasteiger partial charge in [-0.3, -0.25) is 14.9 Å². The van der Waals surface area contributed by atoms with E-state index in [1.807, 2.05) is 6.07 Å². The van der Waals surface area contributed by atoms with Crippen molar-refractivity contribution in [3.8, 4) is 23.3 Å². The lowest BCUT2D eigenvalue weighted by Crippen LogP contribution is -2.14. The summed E-state index contributed by atoms with van der Waals surface area (Å²) in [6.07, 6.45) is 1.30. The molecular weight excluding hydrogens is 582 g/mol. The molecule has 194 valence electrons. The topological polar surface area (TPSA) is 141 Å². The molecule has 1 N–H and O–H groups in total. The fraction of sp³-hybridized carbons (Fsp3) is 0.115. The van der Waals surface area contributed by atoms with Gasteiger partial charge in [0.2, 0.25) is 0 Å². The quantitative estimate of drug-likeness (QED) is 0.0766. The Hall–Kier alpha value is -4.40. The molecule has 38 heavy (non-hydrogen) atoms. The van der Waals surface area contributed by atoms with E-state index >= 15 is 0 Å². The number of carbonyl (C=O) groups is 2. The van der Waals surface area contributed by atoms with Gasteiger partial charge in [-0.15, -0.1) is 0 Å². The second kappa shape index (κ2) is 12.7. The van der Waals surface area contributed by atoms with Gasteiger partial charge in [-0.1, -0.05) is 11.6 Å². The number of esters is 1. The van der Waals surface area contributed by atoms with Crippen LogP contribution in [0.2, 0.25) is 5.02 Å². The van der Waals surface area contributed by atoms with Gasteiger partial charge in [-0.25, -0.2) is 4.79 Å². The number of nitro benzene ring substituents is 1. The van der Waals surface area contributed by atoms with E-state index in [1.165, 1.54) is 31.4 Å². The Labute approximate surface area is 230 Å². The van der Waals surface area contributed by atoms with Crippen molar-refractivity contribution in [3.63, 3.8) is 0 Å². The molecule has 3 aromatic carbocycles. The number of rotatable bonds is 9. The van der Waals surface area contributed by atoms with Crippen LogP contribution in [0.5, 0.6) is 17.2 Å². The maximum atomic E-state index is 12.7. The molecule has 0 saturated carbocycles. The standard InChI is InChI=1S/C26H19BrClN3O7/c1-3-37-23-12-15(11-20(27)24(23)38-26(33)16-4-7-19(36-2)8-5-16)10-17(14-29)25(32)30-22-9-6-18(31(34)35)13-21(22)28/h4-13H,3H2,1-2H3,(H,30,32). The summed E-state index contributed by atoms with van der Waals surface area (Å²) in [6, 6.07) is 14.8. The summed E-state index contributed by atoms with van der Waals surface area (Å²) in [4.78, 5) is 35.7. The number of nitriles is 1. The number of nitro groups is 1. The van der Waals surface area contributed by atoms with E-state index in [2.05, 4.69) is 21.2 Å². The van der Waals surface area contributed by atoms with Crippen LogP contribution in [0.4, 0.5) is 11.4 Å². The highest BCUT2D eigenvalue weighted by molar-refractivity contribution is 9.10. The molecule has 0 spiro atoms. The van der Waals surface area contributed by atoms with Gasteiger partial charge >= 0.3 is 5.97 Å². The van der Waals surface area contributed by atoms with E-state index in [9.17, 15) is 25.0 Å². The fourth-order valence-electron chi connectivity index (χ4n) is 3.14. The van der Waals surface area contributed by atoms with Gasteiger partial charge in [0.1, 0.15) is 17.4 Å². The number of ether oxygens (including phenoxy) is 3. The first-order valence-corrected chi connectivity index (χ1v) is 12.0. The second-order valence-electron chi connectivity index (χ2n) is 7.43. The summed E-state index contributed by atoms with van der Waals surface area (Å²) in [5.74, 6) is -0.513. The van der Waals surface area contributed by atoms with Crippen LogP contribution in [0.1, 0.15) is 22.8 Å². The number of carbonyl (C=O) groups excluding carboxylic acids is 2. The van der Waals surface area contributed by atoms with Gasteiger partial charge < -0.3 is 19.5 Å². The van der Waals surface area contributed by atoms with Gasteiger partial charge in [0.05, 0.1) is 39.4 Å². The molecule has 0 bridgehead atoms. The van der Waals surface area contributed by atoms with Crippen LogP contribution in [0.25, 0.3) is 6.08 Å². The minimum Gasteiger partial charge on any atom is -0.497 e. The molecule has 3 rings (SSSR count). The molecule has 3 aromatic rings. The number of anilines is 1. The van der Waals surface area contributed by atoms with Crippen molar-refractivity contribution >= 4 is 56.9 Å². The number of methoxy groups -OCH3 is 1. The highest BCUT2D eigenvalue weighted by Crippen LogP contribution is 2.38. The van der Waals surface area contributed by atoms with Gasteiger partial charge in [0, 0.05) is 12.1 Å². The van der Waals surface area contributed by atoms with Crippen molar-refractivity contribution in [2.45, 2.75) is 6.92 Å². The maximum absolute atomic E-state index is 12.7. The number of non-ortho nitro benzene ring substituents is 1. The van der Waals surface area contributed by atoms with E-state index in [1.54, 1.807) is 37.3 Å². The third-order valence-electron chi connectivity index (χ3n) is 4.94. The first-order chi connectivity index (χ1) is 18.2. The average Bonchev–Trinajstić information content (AvgIpc) is 2.90. The fourth-order valence-corrected chi connectivity index (χ4v) is 3.90. The largest absolute Gasteiger partial charge is 0.497 e. The zero-order chi connectivity index (χ0) is 27.8. The second-order valence-corrected chi connectivity index (χ2v) is 8.69. The third kappa shape index (κ3) is 6.88. The molecular formula is C26H19BrClN3O7. The Kier molecular flexibility index (Phi) is 9.43. The average molecular weight is 601 g/mol. The van der Waals surface area contributed by atoms with Gasteiger partial charge in [-0.05, 0) is 77.0 Å². The smallest absolute Gasteiger partial charge is 0.343 e. The Morgan fingerprint density at radius 3 is 2.47 bits per heavy atom. The van der Waals surface area contributed by atoms with Crippen molar-refractivity contribution in [2.75, 3.05) is 19.0 Å². The van der Waals surface area contributed by atoms with Crippen molar-refractivity contribution in [3.05, 3.63) is 90.9 Å². The molecule has 0 aliphatic carbocycles. The Bertz CT molecular complexity index is 1470. The number of nitrogens with one attached hydrogen (secondary N) is 1. The van der Waals surface area contributed by atoms with Crippen LogP contribution in [0.3, 0.4) is 0 Å². The Morgan fingerprint density at radius 2 is 1.89 bits per heavy atom. The van der Waals surface area contributed by atoms with Gasteiger partial charge in [0.15, 0.2) is 11.5 Å². The van der Waals surface area contributed by atoms with Crippen LogP contribution in [0.15, 0.2) is 64.6 Å². The molecule has 0 saturated heterocycles. The van der Waals surface area contributed by atoms with Crippen LogP contribution in [0, 0.1) is 21.4 Å². The molecule has 0 atom stereocenters. The van der Waals surface area contributed by atoms with Crippen LogP contribution >= 0.6 is 27.5 Å². The van der Waals surface area contributed by atoms with E-state index in [0.717, 1.165) is 6.07 Å². The number of benzene rings is 3. The maximum Gasteiger partial charge on any atom is 0.343 e. The van der Waals surface area contributed by atoms with E-state index in [-0.39, 0.29) is 45.6 Å². The summed E-state index contributed by atoms with van der Waals surface area (Å²) in [5.41, 5.74) is 0.255. The monoisotopic (exact) mass is 599 g/mol. The molecule has 0 heterocycles. The molecule has 0 unspecified atom stereocenters. The predicted molar refractivity (Wildman–Crippen MR) is 144 cm³/mol. The summed E-state index contributed by atoms with van der Waals surface area (Å²) < 4.78 is 16.6. The molecule has 1 amide bonds. The van der Waals surface area contributed by atoms with Crippen molar-refractivity contribution in [1.29, 1.82) is 5.26 Å². The lowest BCUT2D eigenvalue weighted by Gasteiger charge is -2.14. The van der Waals surface area contributed by atoms with E-state index in [4.69, 9.17) is 25.8 Å². The number of hydrogen-bond donors (Lipinski definition) is 1. The molecule has 12 heteroatoms. The lowest BCUT2D eigenvalue weighted by atomic mass is 10.1. The third-order valence-corrected chi connectivity index (χ3v) is 5.84. The minimum atomic E-state index is -0.785. The van der Waals surface area contributed by atoms with E-state index < -0.39 is 16.8 Å². The lowest BCUT2D eigenvalue weighted by molar-refractivity contribution is -0.384.